The Hall–Kier alpha value is -0.800. The van der Waals surface area contributed by atoms with Crippen molar-refractivity contribution < 1.29 is 0 Å². The zero-order chi connectivity index (χ0) is 11.9. The molecule has 2 N–H and O–H groups in total. The summed E-state index contributed by atoms with van der Waals surface area (Å²) in [5.74, 6) is 0. The van der Waals surface area contributed by atoms with Gasteiger partial charge in [0.2, 0.25) is 0 Å². The maximum absolute atomic E-state index is 3.71. The van der Waals surface area contributed by atoms with Crippen molar-refractivity contribution >= 4 is 26.8 Å². The molecule has 1 heterocycles. The lowest BCUT2D eigenvalue weighted by Crippen LogP contribution is -2.12. The summed E-state index contributed by atoms with van der Waals surface area (Å²) in [5, 5.41) is 4.56. The minimum atomic E-state index is 0.320. The van der Waals surface area contributed by atoms with Crippen LogP contribution in [0.4, 0.5) is 0 Å². The van der Waals surface area contributed by atoms with E-state index in [0.29, 0.717) is 6.04 Å². The lowest BCUT2D eigenvalue weighted by molar-refractivity contribution is 0.635. The summed E-state index contributed by atoms with van der Waals surface area (Å²) < 4.78 is 1.19. The van der Waals surface area contributed by atoms with Crippen molar-refractivity contribution in [3.8, 4) is 0 Å². The third kappa shape index (κ3) is 1.68. The van der Waals surface area contributed by atoms with Gasteiger partial charge in [-0.2, -0.15) is 0 Å². The third-order valence-corrected chi connectivity index (χ3v) is 4.03. The zero-order valence-electron chi connectivity index (χ0n) is 10.1. The van der Waals surface area contributed by atoms with E-state index in [9.17, 15) is 0 Å². The summed E-state index contributed by atoms with van der Waals surface area (Å²) in [6.45, 7) is 6.44. The topological polar surface area (TPSA) is 27.8 Å². The molecule has 0 saturated heterocycles. The highest BCUT2D eigenvalue weighted by Crippen LogP contribution is 2.34. The SMILES string of the molecule is CNC(C)c1[nH]c2c(C)ccc(C)c2c1Br. The van der Waals surface area contributed by atoms with Crippen LogP contribution in [0.25, 0.3) is 10.9 Å². The van der Waals surface area contributed by atoms with Gasteiger partial charge >= 0.3 is 0 Å². The van der Waals surface area contributed by atoms with Crippen LogP contribution in [0.3, 0.4) is 0 Å². The molecule has 0 bridgehead atoms. The van der Waals surface area contributed by atoms with E-state index in [4.69, 9.17) is 0 Å². The van der Waals surface area contributed by atoms with Gasteiger partial charge in [-0.1, -0.05) is 12.1 Å². The van der Waals surface area contributed by atoms with Crippen LogP contribution in [0.1, 0.15) is 29.8 Å². The summed E-state index contributed by atoms with van der Waals surface area (Å²) in [7, 11) is 1.97. The predicted molar refractivity (Wildman–Crippen MR) is 72.9 cm³/mol. The molecule has 0 aliphatic carbocycles. The Morgan fingerprint density at radius 3 is 2.44 bits per heavy atom. The number of benzene rings is 1. The minimum Gasteiger partial charge on any atom is -0.356 e. The molecule has 0 amide bonds. The smallest absolute Gasteiger partial charge is 0.0500 e. The number of aromatic amines is 1. The minimum absolute atomic E-state index is 0.320. The quantitative estimate of drug-likeness (QED) is 0.860. The molecular formula is C13H17BrN2. The number of hydrogen-bond acceptors (Lipinski definition) is 1. The lowest BCUT2D eigenvalue weighted by Gasteiger charge is -2.08. The van der Waals surface area contributed by atoms with Crippen LogP contribution in [-0.2, 0) is 0 Å². The zero-order valence-corrected chi connectivity index (χ0v) is 11.7. The molecule has 1 unspecified atom stereocenters. The highest BCUT2D eigenvalue weighted by atomic mass is 79.9. The first-order valence-electron chi connectivity index (χ1n) is 5.50. The Morgan fingerprint density at radius 2 is 1.88 bits per heavy atom. The summed E-state index contributed by atoms with van der Waals surface area (Å²) >= 11 is 3.71. The largest absolute Gasteiger partial charge is 0.356 e. The van der Waals surface area contributed by atoms with E-state index in [1.54, 1.807) is 0 Å². The summed E-state index contributed by atoms with van der Waals surface area (Å²) in [6.07, 6.45) is 0. The van der Waals surface area contributed by atoms with Crippen molar-refractivity contribution in [1.29, 1.82) is 0 Å². The Morgan fingerprint density at radius 1 is 1.25 bits per heavy atom. The van der Waals surface area contributed by atoms with Crippen LogP contribution in [0.5, 0.6) is 0 Å². The molecule has 16 heavy (non-hydrogen) atoms. The van der Waals surface area contributed by atoms with Crippen LogP contribution < -0.4 is 5.32 Å². The lowest BCUT2D eigenvalue weighted by atomic mass is 10.1. The normalized spacial score (nSPS) is 13.3. The molecule has 0 saturated carbocycles. The first kappa shape index (κ1) is 11.7. The van der Waals surface area contributed by atoms with Gasteiger partial charge in [-0.3, -0.25) is 0 Å². The van der Waals surface area contributed by atoms with Crippen LogP contribution >= 0.6 is 15.9 Å². The fourth-order valence-electron chi connectivity index (χ4n) is 2.02. The van der Waals surface area contributed by atoms with Crippen molar-refractivity contribution in [3.05, 3.63) is 33.4 Å². The van der Waals surface area contributed by atoms with Gasteiger partial charge in [-0.15, -0.1) is 0 Å². The van der Waals surface area contributed by atoms with Gasteiger partial charge in [0.25, 0.3) is 0 Å². The molecular weight excluding hydrogens is 264 g/mol. The molecule has 86 valence electrons. The van der Waals surface area contributed by atoms with Crippen LogP contribution in [0.2, 0.25) is 0 Å². The van der Waals surface area contributed by atoms with Gasteiger partial charge in [0, 0.05) is 21.6 Å². The molecule has 0 radical (unpaired) electrons. The second kappa shape index (κ2) is 4.22. The Bertz CT molecular complexity index is 528. The number of fused-ring (bicyclic) bond motifs is 1. The van der Waals surface area contributed by atoms with E-state index in [0.717, 1.165) is 0 Å². The number of hydrogen-bond donors (Lipinski definition) is 2. The van der Waals surface area contributed by atoms with E-state index < -0.39 is 0 Å². The first-order valence-corrected chi connectivity index (χ1v) is 6.30. The molecule has 2 nitrogen and oxygen atoms in total. The average molecular weight is 281 g/mol. The Balaban J connectivity index is 2.77. The van der Waals surface area contributed by atoms with Gasteiger partial charge in [0.05, 0.1) is 5.52 Å². The van der Waals surface area contributed by atoms with Crippen LogP contribution in [0, 0.1) is 13.8 Å². The van der Waals surface area contributed by atoms with E-state index in [2.05, 4.69) is 59.1 Å². The highest BCUT2D eigenvalue weighted by Gasteiger charge is 2.15. The molecule has 0 aliphatic heterocycles. The van der Waals surface area contributed by atoms with E-state index in [1.807, 2.05) is 7.05 Å². The fourth-order valence-corrected chi connectivity index (χ4v) is 2.98. The van der Waals surface area contributed by atoms with Gasteiger partial charge in [-0.25, -0.2) is 0 Å². The number of rotatable bonds is 2. The molecule has 0 fully saturated rings. The standard InChI is InChI=1S/C13H17BrN2/c1-7-5-6-8(2)12-10(7)11(14)13(16-12)9(3)15-4/h5-6,9,15-16H,1-4H3. The van der Waals surface area contributed by atoms with Crippen molar-refractivity contribution in [1.82, 2.24) is 10.3 Å². The molecule has 2 rings (SSSR count). The van der Waals surface area contributed by atoms with Crippen LogP contribution in [-0.4, -0.2) is 12.0 Å². The molecule has 0 aliphatic rings. The molecule has 1 atom stereocenters. The van der Waals surface area contributed by atoms with Gasteiger partial charge in [0.1, 0.15) is 0 Å². The predicted octanol–water partition coefficient (Wildman–Crippen LogP) is 3.83. The van der Waals surface area contributed by atoms with Crippen molar-refractivity contribution in [2.45, 2.75) is 26.8 Å². The summed E-state index contributed by atoms with van der Waals surface area (Å²) in [4.78, 5) is 3.51. The Kier molecular flexibility index (Phi) is 3.08. The van der Waals surface area contributed by atoms with Gasteiger partial charge in [0.15, 0.2) is 0 Å². The van der Waals surface area contributed by atoms with Crippen LogP contribution in [0.15, 0.2) is 16.6 Å². The number of aromatic nitrogens is 1. The highest BCUT2D eigenvalue weighted by molar-refractivity contribution is 9.10. The van der Waals surface area contributed by atoms with E-state index in [-0.39, 0.29) is 0 Å². The second-order valence-corrected chi connectivity index (χ2v) is 5.11. The summed E-state index contributed by atoms with van der Waals surface area (Å²) in [5.41, 5.74) is 5.05. The summed E-state index contributed by atoms with van der Waals surface area (Å²) in [6, 6.07) is 4.65. The molecule has 1 aromatic heterocycles. The number of halogens is 1. The fraction of sp³-hybridized carbons (Fsp3) is 0.385. The molecule has 0 spiro atoms. The molecule has 3 heteroatoms. The maximum Gasteiger partial charge on any atom is 0.0500 e. The van der Waals surface area contributed by atoms with E-state index in [1.165, 1.54) is 32.2 Å². The second-order valence-electron chi connectivity index (χ2n) is 4.31. The number of H-pyrrole nitrogens is 1. The maximum atomic E-state index is 3.71. The van der Waals surface area contributed by atoms with E-state index >= 15 is 0 Å². The molecule has 1 aromatic carbocycles. The van der Waals surface area contributed by atoms with Crippen molar-refractivity contribution in [2.24, 2.45) is 0 Å². The first-order chi connectivity index (χ1) is 7.56. The van der Waals surface area contributed by atoms with Crippen molar-refractivity contribution in [3.63, 3.8) is 0 Å². The van der Waals surface area contributed by atoms with Gasteiger partial charge in [-0.05, 0) is 54.9 Å². The molecule has 2 aromatic rings. The van der Waals surface area contributed by atoms with Gasteiger partial charge < -0.3 is 10.3 Å². The average Bonchev–Trinajstić information content (AvgIpc) is 2.62. The Labute approximate surface area is 105 Å². The number of aryl methyl sites for hydroxylation is 2. The monoisotopic (exact) mass is 280 g/mol. The third-order valence-electron chi connectivity index (χ3n) is 3.20. The number of nitrogens with one attached hydrogen (secondary N) is 2. The van der Waals surface area contributed by atoms with Crippen molar-refractivity contribution in [2.75, 3.05) is 7.05 Å².